The van der Waals surface area contributed by atoms with E-state index in [9.17, 15) is 9.59 Å². The van der Waals surface area contributed by atoms with Crippen molar-refractivity contribution < 1.29 is 9.59 Å². The fourth-order valence-corrected chi connectivity index (χ4v) is 4.24. The molecule has 0 saturated carbocycles. The largest absolute Gasteiger partial charge is 0.336 e. The zero-order valence-corrected chi connectivity index (χ0v) is 18.8. The molecule has 6 nitrogen and oxygen atoms in total. The number of hydrogen-bond acceptors (Lipinski definition) is 4. The molecule has 0 radical (unpaired) electrons. The number of anilines is 1. The van der Waals surface area contributed by atoms with Gasteiger partial charge in [-0.3, -0.25) is 14.0 Å². The highest BCUT2D eigenvalue weighted by Gasteiger charge is 2.17. The average Bonchev–Trinajstić information content (AvgIpc) is 3.33. The summed E-state index contributed by atoms with van der Waals surface area (Å²) in [6.07, 6.45) is 2.10. The van der Waals surface area contributed by atoms with E-state index in [2.05, 4.69) is 10.3 Å². The number of fused-ring (bicyclic) bond motifs is 1. The molecule has 4 aromatic rings. The summed E-state index contributed by atoms with van der Waals surface area (Å²) >= 11 is 13.3. The number of carbonyl (C=O) groups is 2. The molecule has 0 bridgehead atoms. The second kappa shape index (κ2) is 9.09. The Hall–Kier alpha value is -2.87. The molecule has 4 rings (SSSR count). The van der Waals surface area contributed by atoms with Crippen molar-refractivity contribution in [2.75, 3.05) is 18.9 Å². The highest BCUT2D eigenvalue weighted by atomic mass is 35.5. The van der Waals surface area contributed by atoms with Gasteiger partial charge in [0.1, 0.15) is 0 Å². The zero-order chi connectivity index (χ0) is 22.0. The lowest BCUT2D eigenvalue weighted by Gasteiger charge is -2.17. The third-order valence-corrected chi connectivity index (χ3v) is 6.32. The lowest BCUT2D eigenvalue weighted by atomic mass is 10.2. The van der Waals surface area contributed by atoms with Gasteiger partial charge >= 0.3 is 0 Å². The molecule has 0 atom stereocenters. The maximum Gasteiger partial charge on any atom is 0.243 e. The van der Waals surface area contributed by atoms with Crippen LogP contribution in [0.3, 0.4) is 0 Å². The van der Waals surface area contributed by atoms with E-state index in [0.29, 0.717) is 15.7 Å². The highest BCUT2D eigenvalue weighted by Crippen LogP contribution is 2.25. The number of hydrogen-bond donors (Lipinski definition) is 1. The normalized spacial score (nSPS) is 10.9. The number of imidazole rings is 1. The quantitative estimate of drug-likeness (QED) is 0.428. The van der Waals surface area contributed by atoms with Crippen LogP contribution in [0.5, 0.6) is 0 Å². The van der Waals surface area contributed by atoms with Gasteiger partial charge in [-0.25, -0.2) is 4.98 Å². The van der Waals surface area contributed by atoms with E-state index >= 15 is 0 Å². The third-order valence-electron chi connectivity index (χ3n) is 4.70. The highest BCUT2D eigenvalue weighted by molar-refractivity contribution is 7.15. The van der Waals surface area contributed by atoms with Gasteiger partial charge in [0.2, 0.25) is 11.8 Å². The first-order valence-corrected chi connectivity index (χ1v) is 11.0. The van der Waals surface area contributed by atoms with Gasteiger partial charge < -0.3 is 10.2 Å². The van der Waals surface area contributed by atoms with E-state index in [1.165, 1.54) is 16.2 Å². The Morgan fingerprint density at radius 2 is 1.90 bits per heavy atom. The summed E-state index contributed by atoms with van der Waals surface area (Å²) in [4.78, 5) is 31.9. The van der Waals surface area contributed by atoms with Crippen LogP contribution in [0, 0.1) is 0 Å². The summed E-state index contributed by atoms with van der Waals surface area (Å²) in [5.41, 5.74) is 3.23. The van der Waals surface area contributed by atoms with Gasteiger partial charge in [-0.15, -0.1) is 11.3 Å². The van der Waals surface area contributed by atoms with Crippen molar-refractivity contribution in [2.45, 2.75) is 6.42 Å². The third kappa shape index (κ3) is 4.90. The van der Waals surface area contributed by atoms with Gasteiger partial charge in [-0.05, 0) is 18.2 Å². The van der Waals surface area contributed by atoms with Crippen LogP contribution in [0.4, 0.5) is 5.69 Å². The Kier molecular flexibility index (Phi) is 6.27. The Balaban J connectivity index is 1.40. The van der Waals surface area contributed by atoms with Gasteiger partial charge in [0.15, 0.2) is 4.96 Å². The van der Waals surface area contributed by atoms with Crippen LogP contribution in [0.2, 0.25) is 10.0 Å². The molecule has 2 aromatic carbocycles. The van der Waals surface area contributed by atoms with Gasteiger partial charge in [-0.2, -0.15) is 0 Å². The first-order valence-electron chi connectivity index (χ1n) is 9.40. The molecule has 31 heavy (non-hydrogen) atoms. The second-order valence-electron chi connectivity index (χ2n) is 6.98. The molecule has 0 aliphatic heterocycles. The van der Waals surface area contributed by atoms with Crippen LogP contribution < -0.4 is 5.32 Å². The number of aromatic nitrogens is 2. The Morgan fingerprint density at radius 3 is 2.65 bits per heavy atom. The van der Waals surface area contributed by atoms with E-state index in [1.54, 1.807) is 25.2 Å². The second-order valence-corrected chi connectivity index (χ2v) is 8.63. The standard InChI is InChI=1S/C22H18Cl2N4O2S/c1-27(12-20(29)25-15-7-8-17(23)18(24)9-15)21(30)10-16-13-31-22-26-19(11-28(16)22)14-5-3-2-4-6-14/h2-9,11,13H,10,12H2,1H3,(H,25,29). The lowest BCUT2D eigenvalue weighted by molar-refractivity contribution is -0.132. The summed E-state index contributed by atoms with van der Waals surface area (Å²) in [5, 5.41) is 5.39. The molecule has 0 saturated heterocycles. The fraction of sp³-hybridized carbons (Fsp3) is 0.136. The van der Waals surface area contributed by atoms with Crippen molar-refractivity contribution in [1.82, 2.24) is 14.3 Å². The molecule has 1 N–H and O–H groups in total. The molecule has 2 heterocycles. The minimum atomic E-state index is -0.321. The minimum Gasteiger partial charge on any atom is -0.336 e. The molecule has 158 valence electrons. The molecule has 0 aliphatic carbocycles. The van der Waals surface area contributed by atoms with Crippen molar-refractivity contribution in [3.8, 4) is 11.3 Å². The van der Waals surface area contributed by atoms with Crippen LogP contribution in [-0.2, 0) is 16.0 Å². The first-order chi connectivity index (χ1) is 14.9. The van der Waals surface area contributed by atoms with E-state index in [0.717, 1.165) is 21.9 Å². The Morgan fingerprint density at radius 1 is 1.13 bits per heavy atom. The Bertz CT molecular complexity index is 1250. The maximum absolute atomic E-state index is 12.7. The Labute approximate surface area is 193 Å². The monoisotopic (exact) mass is 472 g/mol. The number of thiazole rings is 1. The van der Waals surface area contributed by atoms with E-state index < -0.39 is 0 Å². The minimum absolute atomic E-state index is 0.0778. The molecular weight excluding hydrogens is 455 g/mol. The van der Waals surface area contributed by atoms with Crippen molar-refractivity contribution in [3.63, 3.8) is 0 Å². The summed E-state index contributed by atoms with van der Waals surface area (Å²) in [5.74, 6) is -0.488. The van der Waals surface area contributed by atoms with Crippen LogP contribution in [0.25, 0.3) is 16.2 Å². The van der Waals surface area contributed by atoms with Gasteiger partial charge in [0.05, 0.1) is 28.7 Å². The molecule has 0 spiro atoms. The summed E-state index contributed by atoms with van der Waals surface area (Å²) < 4.78 is 1.93. The van der Waals surface area contributed by atoms with Gasteiger partial charge in [0.25, 0.3) is 0 Å². The molecule has 9 heteroatoms. The molecule has 0 unspecified atom stereocenters. The smallest absolute Gasteiger partial charge is 0.243 e. The first kappa shape index (κ1) is 21.4. The fourth-order valence-electron chi connectivity index (χ4n) is 3.07. The van der Waals surface area contributed by atoms with Gasteiger partial charge in [0, 0.05) is 35.6 Å². The lowest BCUT2D eigenvalue weighted by Crippen LogP contribution is -2.36. The van der Waals surface area contributed by atoms with Crippen molar-refractivity contribution in [1.29, 1.82) is 0 Å². The number of halogens is 2. The number of amides is 2. The molecule has 0 fully saturated rings. The van der Waals surface area contributed by atoms with E-state index in [1.807, 2.05) is 46.3 Å². The topological polar surface area (TPSA) is 66.7 Å². The number of carbonyl (C=O) groups excluding carboxylic acids is 2. The summed E-state index contributed by atoms with van der Waals surface area (Å²) in [7, 11) is 1.60. The van der Waals surface area contributed by atoms with Crippen LogP contribution in [0.1, 0.15) is 5.69 Å². The van der Waals surface area contributed by atoms with E-state index in [4.69, 9.17) is 23.2 Å². The zero-order valence-electron chi connectivity index (χ0n) is 16.5. The molecule has 0 aliphatic rings. The van der Waals surface area contributed by atoms with E-state index in [-0.39, 0.29) is 24.8 Å². The predicted molar refractivity (Wildman–Crippen MR) is 125 cm³/mol. The summed E-state index contributed by atoms with van der Waals surface area (Å²) in [6.45, 7) is -0.0778. The van der Waals surface area contributed by atoms with Crippen LogP contribution in [-0.4, -0.2) is 39.7 Å². The summed E-state index contributed by atoms with van der Waals surface area (Å²) in [6, 6.07) is 14.7. The van der Waals surface area contributed by atoms with Crippen LogP contribution >= 0.6 is 34.5 Å². The molecular formula is C22H18Cl2N4O2S. The maximum atomic E-state index is 12.7. The number of nitrogens with zero attached hydrogens (tertiary/aromatic N) is 3. The predicted octanol–water partition coefficient (Wildman–Crippen LogP) is 5.01. The van der Waals surface area contributed by atoms with Crippen molar-refractivity contribution in [2.24, 2.45) is 0 Å². The molecule has 2 amide bonds. The SMILES string of the molecule is CN(CC(=O)Nc1ccc(Cl)c(Cl)c1)C(=O)Cc1csc2nc(-c3ccccc3)cn12. The van der Waals surface area contributed by atoms with Crippen LogP contribution in [0.15, 0.2) is 60.1 Å². The number of likely N-dealkylation sites (N-methyl/N-ethyl adjacent to an activating group) is 1. The van der Waals surface area contributed by atoms with Crippen molar-refractivity contribution in [3.05, 3.63) is 75.8 Å². The average molecular weight is 473 g/mol. The molecule has 2 aromatic heterocycles. The number of nitrogens with one attached hydrogen (secondary N) is 1. The number of rotatable bonds is 6. The number of benzene rings is 2. The van der Waals surface area contributed by atoms with Crippen molar-refractivity contribution >= 4 is 57.0 Å². The van der Waals surface area contributed by atoms with Gasteiger partial charge in [-0.1, -0.05) is 53.5 Å².